The lowest BCUT2D eigenvalue weighted by Gasteiger charge is -2.48. The monoisotopic (exact) mass is 439 g/mol. The highest BCUT2D eigenvalue weighted by molar-refractivity contribution is 5.78. The number of anilines is 1. The summed E-state index contributed by atoms with van der Waals surface area (Å²) in [6.07, 6.45) is 13.9. The number of methoxy groups -OCH3 is 1. The Labute approximate surface area is 194 Å². The highest BCUT2D eigenvalue weighted by Crippen LogP contribution is 2.45. The quantitative estimate of drug-likeness (QED) is 0.569. The van der Waals surface area contributed by atoms with Gasteiger partial charge in [0.05, 0.1) is 19.8 Å². The van der Waals surface area contributed by atoms with E-state index in [-0.39, 0.29) is 0 Å². The van der Waals surface area contributed by atoms with Crippen LogP contribution < -0.4 is 14.4 Å². The molecule has 0 bridgehead atoms. The Hall–Kier alpha value is -1.72. The third kappa shape index (κ3) is 4.65. The van der Waals surface area contributed by atoms with Crippen molar-refractivity contribution >= 4 is 11.8 Å². The Morgan fingerprint density at radius 3 is 2.53 bits per heavy atom. The Bertz CT molecular complexity index is 809. The van der Waals surface area contributed by atoms with E-state index < -0.39 is 0 Å². The molecule has 0 aromatic heterocycles. The van der Waals surface area contributed by atoms with Gasteiger partial charge in [0, 0.05) is 29.9 Å². The van der Waals surface area contributed by atoms with E-state index in [9.17, 15) is 0 Å². The first-order valence-corrected chi connectivity index (χ1v) is 13.0. The normalized spacial score (nSPS) is 24.8. The Balaban J connectivity index is 1.38. The van der Waals surface area contributed by atoms with Crippen molar-refractivity contribution in [3.8, 4) is 11.5 Å². The highest BCUT2D eigenvalue weighted by atomic mass is 16.5. The molecule has 176 valence electrons. The Morgan fingerprint density at radius 2 is 1.75 bits per heavy atom. The second-order valence-electron chi connectivity index (χ2n) is 10.2. The molecule has 3 fully saturated rings. The fourth-order valence-electron chi connectivity index (χ4n) is 6.25. The van der Waals surface area contributed by atoms with Crippen LogP contribution in [-0.2, 0) is 0 Å². The number of rotatable bonds is 7. The van der Waals surface area contributed by atoms with Gasteiger partial charge in [-0.25, -0.2) is 0 Å². The number of hydrogen-bond donors (Lipinski definition) is 0. The molecule has 1 aromatic rings. The van der Waals surface area contributed by atoms with Crippen molar-refractivity contribution < 1.29 is 9.47 Å². The summed E-state index contributed by atoms with van der Waals surface area (Å²) in [5, 5.41) is 0. The van der Waals surface area contributed by atoms with Gasteiger partial charge in [0.25, 0.3) is 0 Å². The zero-order valence-corrected chi connectivity index (χ0v) is 20.2. The lowest BCUT2D eigenvalue weighted by atomic mass is 9.82. The minimum Gasteiger partial charge on any atom is -0.493 e. The van der Waals surface area contributed by atoms with Crippen LogP contribution >= 0.6 is 0 Å². The van der Waals surface area contributed by atoms with Crippen molar-refractivity contribution in [1.82, 2.24) is 9.80 Å². The Kier molecular flexibility index (Phi) is 6.94. The van der Waals surface area contributed by atoms with Crippen molar-refractivity contribution in [2.24, 2.45) is 0 Å². The highest BCUT2D eigenvalue weighted by Gasteiger charge is 2.36. The molecule has 2 saturated heterocycles. The first kappa shape index (κ1) is 22.1. The standard InChI is InChI=1S/C27H41N3O2/c1-28-15-10-23(11-16-28)30-24-9-4-3-8-21(24)18-22-19-26(31-2)27(20-25(22)30)32-17-7-14-29-12-5-6-13-29/h18-20,23-24H,3-17H2,1-2H3. The van der Waals surface area contributed by atoms with Gasteiger partial charge in [-0.05, 0) is 96.2 Å². The molecule has 5 nitrogen and oxygen atoms in total. The molecule has 1 aromatic carbocycles. The molecule has 32 heavy (non-hydrogen) atoms. The number of nitrogens with zero attached hydrogens (tertiary/aromatic N) is 3. The molecular weight excluding hydrogens is 398 g/mol. The second-order valence-corrected chi connectivity index (χ2v) is 10.2. The fraction of sp³-hybridized carbons (Fsp3) is 0.704. The summed E-state index contributed by atoms with van der Waals surface area (Å²) in [5.74, 6) is 1.79. The maximum absolute atomic E-state index is 6.34. The van der Waals surface area contributed by atoms with Crippen molar-refractivity contribution in [3.63, 3.8) is 0 Å². The van der Waals surface area contributed by atoms with Gasteiger partial charge in [-0.2, -0.15) is 0 Å². The number of piperidine rings is 1. The van der Waals surface area contributed by atoms with E-state index in [1.165, 1.54) is 88.8 Å². The van der Waals surface area contributed by atoms with E-state index in [0.29, 0.717) is 12.1 Å². The van der Waals surface area contributed by atoms with Crippen LogP contribution in [0.3, 0.4) is 0 Å². The predicted octanol–water partition coefficient (Wildman–Crippen LogP) is 4.80. The molecule has 5 rings (SSSR count). The van der Waals surface area contributed by atoms with Gasteiger partial charge in [-0.3, -0.25) is 0 Å². The van der Waals surface area contributed by atoms with Crippen LogP contribution in [0.4, 0.5) is 5.69 Å². The molecule has 5 heteroatoms. The third-order valence-corrected chi connectivity index (χ3v) is 8.05. The summed E-state index contributed by atoms with van der Waals surface area (Å²) in [5.41, 5.74) is 4.31. The summed E-state index contributed by atoms with van der Waals surface area (Å²) in [6.45, 7) is 6.79. The first-order chi connectivity index (χ1) is 15.7. The molecule has 3 aliphatic heterocycles. The molecule has 1 aliphatic carbocycles. The number of hydrogen-bond acceptors (Lipinski definition) is 5. The molecule has 1 atom stereocenters. The number of benzene rings is 1. The van der Waals surface area contributed by atoms with Crippen molar-refractivity contribution in [3.05, 3.63) is 23.3 Å². The average molecular weight is 440 g/mol. The summed E-state index contributed by atoms with van der Waals surface area (Å²) in [4.78, 5) is 7.82. The lowest BCUT2D eigenvalue weighted by Crippen LogP contribution is -2.51. The SMILES string of the molecule is COc1cc2c(cc1OCCCN1CCCC1)N(C1CCN(C)CC1)C1CCCCC1=C2. The maximum Gasteiger partial charge on any atom is 0.163 e. The molecule has 3 heterocycles. The van der Waals surface area contributed by atoms with Crippen molar-refractivity contribution in [1.29, 1.82) is 0 Å². The van der Waals surface area contributed by atoms with Gasteiger partial charge in [0.1, 0.15) is 0 Å². The lowest BCUT2D eigenvalue weighted by molar-refractivity contribution is 0.241. The topological polar surface area (TPSA) is 28.2 Å². The van der Waals surface area contributed by atoms with Crippen LogP contribution in [0.1, 0.15) is 63.4 Å². The first-order valence-electron chi connectivity index (χ1n) is 13.0. The smallest absolute Gasteiger partial charge is 0.163 e. The van der Waals surface area contributed by atoms with E-state index in [1.54, 1.807) is 12.7 Å². The van der Waals surface area contributed by atoms with Crippen LogP contribution in [0, 0.1) is 0 Å². The van der Waals surface area contributed by atoms with Crippen LogP contribution in [0.2, 0.25) is 0 Å². The Morgan fingerprint density at radius 1 is 0.938 bits per heavy atom. The zero-order chi connectivity index (χ0) is 21.9. The van der Waals surface area contributed by atoms with Gasteiger partial charge >= 0.3 is 0 Å². The van der Waals surface area contributed by atoms with E-state index >= 15 is 0 Å². The summed E-state index contributed by atoms with van der Waals surface area (Å²) >= 11 is 0. The van der Waals surface area contributed by atoms with Crippen molar-refractivity contribution in [2.75, 3.05) is 58.4 Å². The largest absolute Gasteiger partial charge is 0.493 e. The number of likely N-dealkylation sites (tertiary alicyclic amines) is 2. The molecule has 0 spiro atoms. The molecule has 4 aliphatic rings. The van der Waals surface area contributed by atoms with E-state index in [0.717, 1.165) is 31.1 Å². The molecule has 1 saturated carbocycles. The molecule has 0 amide bonds. The van der Waals surface area contributed by atoms with Crippen LogP contribution in [0.15, 0.2) is 17.7 Å². The van der Waals surface area contributed by atoms with Gasteiger partial charge in [-0.1, -0.05) is 12.5 Å². The van der Waals surface area contributed by atoms with Crippen LogP contribution in [-0.4, -0.2) is 75.4 Å². The van der Waals surface area contributed by atoms with Gasteiger partial charge in [-0.15, -0.1) is 0 Å². The predicted molar refractivity (Wildman–Crippen MR) is 132 cm³/mol. The van der Waals surface area contributed by atoms with E-state index in [2.05, 4.69) is 40.0 Å². The van der Waals surface area contributed by atoms with Crippen LogP contribution in [0.5, 0.6) is 11.5 Å². The zero-order valence-electron chi connectivity index (χ0n) is 20.2. The van der Waals surface area contributed by atoms with Crippen LogP contribution in [0.25, 0.3) is 6.08 Å². The average Bonchev–Trinajstić information content (AvgIpc) is 3.34. The summed E-state index contributed by atoms with van der Waals surface area (Å²) in [6, 6.07) is 5.71. The molecule has 1 unspecified atom stereocenters. The molecule has 0 N–H and O–H groups in total. The number of ether oxygens (including phenoxy) is 2. The second kappa shape index (κ2) is 10.0. The fourth-order valence-corrected chi connectivity index (χ4v) is 6.25. The van der Waals surface area contributed by atoms with Gasteiger partial charge in [0.2, 0.25) is 0 Å². The van der Waals surface area contributed by atoms with Gasteiger partial charge < -0.3 is 24.2 Å². The molecule has 0 radical (unpaired) electrons. The van der Waals surface area contributed by atoms with Crippen molar-refractivity contribution in [2.45, 2.75) is 69.9 Å². The van der Waals surface area contributed by atoms with E-state index in [4.69, 9.17) is 9.47 Å². The number of fused-ring (bicyclic) bond motifs is 2. The minimum atomic E-state index is 0.570. The van der Waals surface area contributed by atoms with Gasteiger partial charge in [0.15, 0.2) is 11.5 Å². The minimum absolute atomic E-state index is 0.570. The summed E-state index contributed by atoms with van der Waals surface area (Å²) in [7, 11) is 4.03. The third-order valence-electron chi connectivity index (χ3n) is 8.05. The maximum atomic E-state index is 6.34. The summed E-state index contributed by atoms with van der Waals surface area (Å²) < 4.78 is 12.1. The molecular formula is C27H41N3O2. The van der Waals surface area contributed by atoms with E-state index in [1.807, 2.05) is 0 Å².